The number of esters is 2. The number of ether oxygens (including phenoxy) is 3. The number of nitrogens with zero attached hydrogens (tertiary/aromatic N) is 1. The van der Waals surface area contributed by atoms with Gasteiger partial charge in [-0.2, -0.15) is 0 Å². The fourth-order valence-electron chi connectivity index (χ4n) is 3.17. The molecule has 0 unspecified atom stereocenters. The largest absolute Gasteiger partial charge is 0.466 e. The molecule has 1 aliphatic heterocycles. The summed E-state index contributed by atoms with van der Waals surface area (Å²) in [5.74, 6) is -1.69. The Balaban J connectivity index is 2.15. The van der Waals surface area contributed by atoms with Crippen LogP contribution in [0.1, 0.15) is 33.6 Å². The maximum atomic E-state index is 13.1. The van der Waals surface area contributed by atoms with Crippen molar-refractivity contribution < 1.29 is 37.0 Å². The first-order valence-corrected chi connectivity index (χ1v) is 12.1. The van der Waals surface area contributed by atoms with Gasteiger partial charge in [0, 0.05) is 19.1 Å². The molecule has 0 aliphatic carbocycles. The first kappa shape index (κ1) is 27.1. The number of benzene rings is 1. The maximum absolute atomic E-state index is 13.1. The van der Waals surface area contributed by atoms with E-state index in [0.717, 1.165) is 20.3 Å². The normalized spacial score (nSPS) is 15.4. The molecule has 2 N–H and O–H groups in total. The van der Waals surface area contributed by atoms with Gasteiger partial charge < -0.3 is 24.4 Å². The van der Waals surface area contributed by atoms with Crippen LogP contribution in [-0.2, 0) is 33.8 Å². The zero-order chi connectivity index (χ0) is 25.5. The minimum Gasteiger partial charge on any atom is -0.466 e. The summed E-state index contributed by atoms with van der Waals surface area (Å²) in [7, 11) is -1.74. The fraction of sp³-hybridized carbons (Fsp3) is 0.500. The number of para-hydroxylation sites is 1. The van der Waals surface area contributed by atoms with Crippen LogP contribution in [0.2, 0.25) is 0 Å². The van der Waals surface area contributed by atoms with Crippen LogP contribution in [0.25, 0.3) is 0 Å². The molecule has 1 amide bonds. The lowest BCUT2D eigenvalue weighted by Crippen LogP contribution is -2.47. The van der Waals surface area contributed by atoms with Crippen molar-refractivity contribution >= 4 is 33.7 Å². The van der Waals surface area contributed by atoms with E-state index in [1.165, 1.54) is 18.2 Å². The van der Waals surface area contributed by atoms with E-state index >= 15 is 0 Å². The first-order valence-electron chi connectivity index (χ1n) is 10.6. The van der Waals surface area contributed by atoms with E-state index in [2.05, 4.69) is 19.5 Å². The molecule has 2 rings (SSSR count). The molecule has 0 bridgehead atoms. The van der Waals surface area contributed by atoms with Gasteiger partial charge in [0.2, 0.25) is 10.0 Å². The van der Waals surface area contributed by atoms with Crippen LogP contribution in [-0.4, -0.2) is 70.3 Å². The Labute approximate surface area is 199 Å². The van der Waals surface area contributed by atoms with E-state index in [1.807, 2.05) is 0 Å². The lowest BCUT2D eigenvalue weighted by atomic mass is 10.1. The second-order valence-electron chi connectivity index (χ2n) is 8.56. The highest BCUT2D eigenvalue weighted by Gasteiger charge is 2.30. The average Bonchev–Trinajstić information content (AvgIpc) is 2.77. The summed E-state index contributed by atoms with van der Waals surface area (Å²) < 4.78 is 43.5. The van der Waals surface area contributed by atoms with Gasteiger partial charge in [-0.05, 0) is 45.7 Å². The van der Waals surface area contributed by atoms with Crippen LogP contribution >= 0.6 is 0 Å². The van der Waals surface area contributed by atoms with Crippen LogP contribution in [0, 0.1) is 0 Å². The zero-order valence-electron chi connectivity index (χ0n) is 19.9. The number of rotatable bonds is 7. The Morgan fingerprint density at radius 1 is 1.06 bits per heavy atom. The second kappa shape index (κ2) is 11.3. The smallest absolute Gasteiger partial charge is 0.410 e. The van der Waals surface area contributed by atoms with Crippen LogP contribution in [0.4, 0.5) is 10.5 Å². The minimum atomic E-state index is -4.01. The fourth-order valence-corrected chi connectivity index (χ4v) is 4.64. The number of likely N-dealkylation sites (tertiary alicyclic amines) is 1. The van der Waals surface area contributed by atoms with E-state index in [4.69, 9.17) is 4.74 Å². The van der Waals surface area contributed by atoms with Crippen molar-refractivity contribution in [3.05, 3.63) is 36.0 Å². The average molecular weight is 498 g/mol. The minimum absolute atomic E-state index is 0.0711. The summed E-state index contributed by atoms with van der Waals surface area (Å²) in [5.41, 5.74) is -0.832. The Hall–Kier alpha value is -3.12. The summed E-state index contributed by atoms with van der Waals surface area (Å²) in [6.45, 7) is 6.03. The Morgan fingerprint density at radius 2 is 1.68 bits per heavy atom. The third-order valence-corrected chi connectivity index (χ3v) is 6.36. The number of carbonyl (C=O) groups is 3. The highest BCUT2D eigenvalue weighted by molar-refractivity contribution is 7.89. The molecule has 0 aromatic heterocycles. The topological polar surface area (TPSA) is 140 Å². The Bertz CT molecular complexity index is 1040. The van der Waals surface area contributed by atoms with Gasteiger partial charge in [-0.3, -0.25) is 0 Å². The standard InChI is InChI=1S/C22H31N3O8S/c1-22(2,3)33-21(28)25-12-10-15(11-13-25)24-34(29,30)18-9-7-6-8-16(18)23-17(20(27)32-5)14-19(26)31-4/h6-9,14-15,23-24H,10-13H2,1-5H3/b17-14+. The van der Waals surface area contributed by atoms with Gasteiger partial charge in [-0.15, -0.1) is 0 Å². The third-order valence-electron chi connectivity index (χ3n) is 4.78. The predicted octanol–water partition coefficient (Wildman–Crippen LogP) is 2.01. The lowest BCUT2D eigenvalue weighted by molar-refractivity contribution is -0.138. The van der Waals surface area contributed by atoms with Crippen LogP contribution in [0.3, 0.4) is 0 Å². The number of anilines is 1. The van der Waals surface area contributed by atoms with Crippen LogP contribution in [0.5, 0.6) is 0 Å². The van der Waals surface area contributed by atoms with Crippen molar-refractivity contribution in [3.63, 3.8) is 0 Å². The van der Waals surface area contributed by atoms with Crippen molar-refractivity contribution in [1.29, 1.82) is 0 Å². The molecule has 1 fully saturated rings. The summed E-state index contributed by atoms with van der Waals surface area (Å²) in [4.78, 5) is 37.3. The summed E-state index contributed by atoms with van der Waals surface area (Å²) in [6, 6.07) is 5.53. The molecule has 0 atom stereocenters. The quantitative estimate of drug-likeness (QED) is 0.329. The van der Waals surface area contributed by atoms with Crippen molar-refractivity contribution in [1.82, 2.24) is 9.62 Å². The summed E-state index contributed by atoms with van der Waals surface area (Å²) in [5, 5.41) is 2.65. The third kappa shape index (κ3) is 7.73. The number of piperidine rings is 1. The molecule has 0 radical (unpaired) electrons. The number of carbonyl (C=O) groups excluding carboxylic acids is 3. The molecule has 12 heteroatoms. The highest BCUT2D eigenvalue weighted by Crippen LogP contribution is 2.24. The molecule has 1 saturated heterocycles. The zero-order valence-corrected chi connectivity index (χ0v) is 20.7. The molecule has 1 aromatic rings. The molecule has 11 nitrogen and oxygen atoms in total. The van der Waals surface area contributed by atoms with Gasteiger partial charge in [0.05, 0.1) is 26.0 Å². The number of amides is 1. The number of hydrogen-bond donors (Lipinski definition) is 2. The molecule has 34 heavy (non-hydrogen) atoms. The molecular formula is C22H31N3O8S. The maximum Gasteiger partial charge on any atom is 0.410 e. The number of hydrogen-bond acceptors (Lipinski definition) is 9. The van der Waals surface area contributed by atoms with Crippen molar-refractivity contribution in [2.24, 2.45) is 0 Å². The molecule has 1 aliphatic rings. The molecular weight excluding hydrogens is 466 g/mol. The van der Waals surface area contributed by atoms with E-state index in [9.17, 15) is 22.8 Å². The molecule has 0 saturated carbocycles. The van der Waals surface area contributed by atoms with Gasteiger partial charge in [0.1, 0.15) is 16.2 Å². The van der Waals surface area contributed by atoms with E-state index < -0.39 is 39.7 Å². The summed E-state index contributed by atoms with van der Waals surface area (Å²) in [6.07, 6.45) is 1.25. The number of nitrogens with one attached hydrogen (secondary N) is 2. The summed E-state index contributed by atoms with van der Waals surface area (Å²) >= 11 is 0. The monoisotopic (exact) mass is 497 g/mol. The lowest BCUT2D eigenvalue weighted by Gasteiger charge is -2.33. The molecule has 0 spiro atoms. The van der Waals surface area contributed by atoms with Crippen LogP contribution in [0.15, 0.2) is 40.9 Å². The van der Waals surface area contributed by atoms with Gasteiger partial charge in [0.25, 0.3) is 0 Å². The number of sulfonamides is 1. The second-order valence-corrected chi connectivity index (χ2v) is 10.2. The van der Waals surface area contributed by atoms with Crippen LogP contribution < -0.4 is 10.0 Å². The van der Waals surface area contributed by atoms with Gasteiger partial charge in [0.15, 0.2) is 0 Å². The van der Waals surface area contributed by atoms with E-state index in [1.54, 1.807) is 31.7 Å². The first-order chi connectivity index (χ1) is 15.9. The van der Waals surface area contributed by atoms with Crippen molar-refractivity contribution in [2.45, 2.75) is 50.2 Å². The molecule has 1 aromatic carbocycles. The SMILES string of the molecule is COC(=O)/C=C(/Nc1ccccc1S(=O)(=O)NC1CCN(C(=O)OC(C)(C)C)CC1)C(=O)OC. The highest BCUT2D eigenvalue weighted by atomic mass is 32.2. The van der Waals surface area contributed by atoms with Crippen molar-refractivity contribution in [2.75, 3.05) is 32.6 Å². The molecule has 1 heterocycles. The van der Waals surface area contributed by atoms with E-state index in [-0.39, 0.29) is 16.3 Å². The van der Waals surface area contributed by atoms with Gasteiger partial charge >= 0.3 is 18.0 Å². The Kier molecular flexibility index (Phi) is 9.05. The Morgan fingerprint density at radius 3 is 2.24 bits per heavy atom. The van der Waals surface area contributed by atoms with E-state index in [0.29, 0.717) is 25.9 Å². The molecule has 188 valence electrons. The van der Waals surface area contributed by atoms with Gasteiger partial charge in [-0.25, -0.2) is 27.5 Å². The van der Waals surface area contributed by atoms with Gasteiger partial charge in [-0.1, -0.05) is 12.1 Å². The predicted molar refractivity (Wildman–Crippen MR) is 123 cm³/mol. The van der Waals surface area contributed by atoms with Crippen molar-refractivity contribution in [3.8, 4) is 0 Å². The number of methoxy groups -OCH3 is 2.